The molecular formula is C14H13FN2O4S. The average Bonchev–Trinajstić information content (AvgIpc) is 2.99. The number of aliphatic hydroxyl groups is 1. The lowest BCUT2D eigenvalue weighted by atomic mass is 9.99. The average molecular weight is 324 g/mol. The number of nitro benzene ring substituents is 1. The number of carbonyl (C=O) groups excluding carboxylic acids is 1. The van der Waals surface area contributed by atoms with Gasteiger partial charge in [-0.15, -0.1) is 0 Å². The van der Waals surface area contributed by atoms with Crippen LogP contribution in [0.4, 0.5) is 10.1 Å². The minimum Gasteiger partial charge on any atom is -0.384 e. The van der Waals surface area contributed by atoms with E-state index in [1.54, 1.807) is 16.8 Å². The summed E-state index contributed by atoms with van der Waals surface area (Å²) >= 11 is 1.40. The van der Waals surface area contributed by atoms with E-state index in [1.807, 2.05) is 0 Å². The van der Waals surface area contributed by atoms with E-state index in [0.29, 0.717) is 11.6 Å². The zero-order valence-corrected chi connectivity index (χ0v) is 12.4. The lowest BCUT2D eigenvalue weighted by Crippen LogP contribution is -2.38. The molecule has 0 aliphatic heterocycles. The van der Waals surface area contributed by atoms with Crippen molar-refractivity contribution >= 4 is 22.9 Å². The summed E-state index contributed by atoms with van der Waals surface area (Å²) in [6.07, 6.45) is 0. The van der Waals surface area contributed by atoms with Crippen LogP contribution in [0.2, 0.25) is 0 Å². The lowest BCUT2D eigenvalue weighted by molar-refractivity contribution is -0.385. The van der Waals surface area contributed by atoms with Crippen molar-refractivity contribution in [2.75, 3.05) is 6.54 Å². The van der Waals surface area contributed by atoms with Gasteiger partial charge >= 0.3 is 0 Å². The Kier molecular flexibility index (Phi) is 4.53. The highest BCUT2D eigenvalue weighted by molar-refractivity contribution is 7.08. The summed E-state index contributed by atoms with van der Waals surface area (Å²) in [4.78, 5) is 22.1. The highest BCUT2D eigenvalue weighted by Crippen LogP contribution is 2.23. The van der Waals surface area contributed by atoms with E-state index < -0.39 is 27.9 Å². The SMILES string of the molecule is CC(O)(CNC(=O)c1ccc(F)cc1[N+](=O)[O-])c1ccsc1. The van der Waals surface area contributed by atoms with E-state index in [4.69, 9.17) is 0 Å². The van der Waals surface area contributed by atoms with Gasteiger partial charge in [-0.05, 0) is 41.4 Å². The number of carbonyl (C=O) groups is 1. The fourth-order valence-corrected chi connectivity index (χ4v) is 2.65. The second kappa shape index (κ2) is 6.20. The second-order valence-corrected chi connectivity index (χ2v) is 5.67. The van der Waals surface area contributed by atoms with Crippen molar-refractivity contribution in [1.29, 1.82) is 0 Å². The van der Waals surface area contributed by atoms with Crippen molar-refractivity contribution in [2.45, 2.75) is 12.5 Å². The molecule has 2 rings (SSSR count). The van der Waals surface area contributed by atoms with Gasteiger partial charge in [0.25, 0.3) is 11.6 Å². The molecular weight excluding hydrogens is 311 g/mol. The first-order valence-corrected chi connectivity index (χ1v) is 7.23. The molecule has 1 aromatic heterocycles. The maximum Gasteiger partial charge on any atom is 0.285 e. The first-order valence-electron chi connectivity index (χ1n) is 6.28. The number of rotatable bonds is 5. The Labute approximate surface area is 129 Å². The predicted molar refractivity (Wildman–Crippen MR) is 79.3 cm³/mol. The van der Waals surface area contributed by atoms with Crippen molar-refractivity contribution < 1.29 is 19.2 Å². The molecule has 0 bridgehead atoms. The fraction of sp³-hybridized carbons (Fsp3) is 0.214. The number of benzene rings is 1. The molecule has 116 valence electrons. The molecule has 1 amide bonds. The van der Waals surface area contributed by atoms with Gasteiger partial charge in [0.15, 0.2) is 0 Å². The smallest absolute Gasteiger partial charge is 0.285 e. The summed E-state index contributed by atoms with van der Waals surface area (Å²) in [5.74, 6) is -1.55. The van der Waals surface area contributed by atoms with Gasteiger partial charge in [-0.2, -0.15) is 11.3 Å². The number of thiophene rings is 1. The Hall–Kier alpha value is -2.32. The summed E-state index contributed by atoms with van der Waals surface area (Å²) in [6.45, 7) is 1.39. The molecule has 1 aromatic carbocycles. The molecule has 0 aliphatic rings. The quantitative estimate of drug-likeness (QED) is 0.652. The number of nitrogens with zero attached hydrogens (tertiary/aromatic N) is 1. The second-order valence-electron chi connectivity index (χ2n) is 4.89. The summed E-state index contributed by atoms with van der Waals surface area (Å²) in [5.41, 5.74) is -1.55. The van der Waals surface area contributed by atoms with E-state index in [2.05, 4.69) is 5.32 Å². The van der Waals surface area contributed by atoms with Gasteiger partial charge in [0.2, 0.25) is 0 Å². The molecule has 0 saturated heterocycles. The zero-order chi connectivity index (χ0) is 16.3. The van der Waals surface area contributed by atoms with E-state index in [9.17, 15) is 24.4 Å². The molecule has 8 heteroatoms. The lowest BCUT2D eigenvalue weighted by Gasteiger charge is -2.22. The number of hydrogen-bond acceptors (Lipinski definition) is 5. The van der Waals surface area contributed by atoms with E-state index >= 15 is 0 Å². The van der Waals surface area contributed by atoms with Crippen LogP contribution < -0.4 is 5.32 Å². The molecule has 0 saturated carbocycles. The molecule has 22 heavy (non-hydrogen) atoms. The summed E-state index contributed by atoms with van der Waals surface area (Å²) < 4.78 is 13.1. The third kappa shape index (κ3) is 3.46. The summed E-state index contributed by atoms with van der Waals surface area (Å²) in [5, 5.41) is 27.1. The minimum atomic E-state index is -1.30. The van der Waals surface area contributed by atoms with Crippen molar-refractivity contribution in [3.63, 3.8) is 0 Å². The van der Waals surface area contributed by atoms with Crippen LogP contribution in [0.25, 0.3) is 0 Å². The van der Waals surface area contributed by atoms with Crippen molar-refractivity contribution in [3.05, 3.63) is 62.1 Å². The Morgan fingerprint density at radius 1 is 1.50 bits per heavy atom. The number of nitro groups is 1. The number of halogens is 1. The minimum absolute atomic E-state index is 0.128. The predicted octanol–water partition coefficient (Wildman–Crippen LogP) is 2.43. The molecule has 1 heterocycles. The highest BCUT2D eigenvalue weighted by atomic mass is 32.1. The Morgan fingerprint density at radius 3 is 2.82 bits per heavy atom. The molecule has 0 spiro atoms. The molecule has 1 unspecified atom stereocenters. The molecule has 6 nitrogen and oxygen atoms in total. The molecule has 0 fully saturated rings. The topological polar surface area (TPSA) is 92.5 Å². The van der Waals surface area contributed by atoms with Gasteiger partial charge < -0.3 is 10.4 Å². The summed E-state index contributed by atoms with van der Waals surface area (Å²) in [7, 11) is 0. The monoisotopic (exact) mass is 324 g/mol. The van der Waals surface area contributed by atoms with E-state index in [1.165, 1.54) is 18.3 Å². The van der Waals surface area contributed by atoms with Gasteiger partial charge in [0, 0.05) is 0 Å². The summed E-state index contributed by atoms with van der Waals surface area (Å²) in [6, 6.07) is 4.42. The van der Waals surface area contributed by atoms with Crippen molar-refractivity contribution in [3.8, 4) is 0 Å². The Balaban J connectivity index is 2.15. The van der Waals surface area contributed by atoms with Crippen LogP contribution in [0.5, 0.6) is 0 Å². The molecule has 0 radical (unpaired) electrons. The largest absolute Gasteiger partial charge is 0.384 e. The van der Waals surface area contributed by atoms with Crippen LogP contribution in [-0.2, 0) is 5.60 Å². The zero-order valence-electron chi connectivity index (χ0n) is 11.6. The van der Waals surface area contributed by atoms with Gasteiger partial charge in [0.1, 0.15) is 17.0 Å². The van der Waals surface area contributed by atoms with Gasteiger partial charge in [-0.1, -0.05) is 0 Å². The standard InChI is InChI=1S/C14H13FN2O4S/c1-14(19,9-4-5-22-7-9)8-16-13(18)11-3-2-10(15)6-12(11)17(20)21/h2-7,19H,8H2,1H3,(H,16,18). The van der Waals surface area contributed by atoms with E-state index in [-0.39, 0.29) is 12.1 Å². The van der Waals surface area contributed by atoms with Crippen molar-refractivity contribution in [1.82, 2.24) is 5.32 Å². The highest BCUT2D eigenvalue weighted by Gasteiger charge is 2.26. The van der Waals surface area contributed by atoms with E-state index in [0.717, 1.165) is 12.1 Å². The third-order valence-corrected chi connectivity index (χ3v) is 3.82. The number of hydrogen-bond donors (Lipinski definition) is 2. The molecule has 2 N–H and O–H groups in total. The fourth-order valence-electron chi connectivity index (χ4n) is 1.87. The number of amides is 1. The maximum atomic E-state index is 13.1. The molecule has 2 aromatic rings. The van der Waals surface area contributed by atoms with Crippen LogP contribution in [0.15, 0.2) is 35.0 Å². The first-order chi connectivity index (χ1) is 10.3. The van der Waals surface area contributed by atoms with Crippen LogP contribution in [0, 0.1) is 15.9 Å². The molecule has 1 atom stereocenters. The molecule has 0 aliphatic carbocycles. The van der Waals surface area contributed by atoms with Gasteiger partial charge in [-0.25, -0.2) is 4.39 Å². The van der Waals surface area contributed by atoms with Crippen LogP contribution >= 0.6 is 11.3 Å². The van der Waals surface area contributed by atoms with Crippen LogP contribution in [-0.4, -0.2) is 22.5 Å². The van der Waals surface area contributed by atoms with Gasteiger partial charge in [-0.3, -0.25) is 14.9 Å². The van der Waals surface area contributed by atoms with Crippen molar-refractivity contribution in [2.24, 2.45) is 0 Å². The third-order valence-electron chi connectivity index (χ3n) is 3.14. The first kappa shape index (κ1) is 16.1. The Morgan fingerprint density at radius 2 is 2.23 bits per heavy atom. The van der Waals surface area contributed by atoms with Gasteiger partial charge in [0.05, 0.1) is 17.5 Å². The van der Waals surface area contributed by atoms with Crippen LogP contribution in [0.3, 0.4) is 0 Å². The number of nitrogens with one attached hydrogen (secondary N) is 1. The Bertz CT molecular complexity index is 701. The maximum absolute atomic E-state index is 13.1. The van der Waals surface area contributed by atoms with Crippen LogP contribution in [0.1, 0.15) is 22.8 Å². The normalized spacial score (nSPS) is 13.4.